The molecule has 0 atom stereocenters. The Morgan fingerprint density at radius 2 is 1.60 bits per heavy atom. The summed E-state index contributed by atoms with van der Waals surface area (Å²) in [6, 6.07) is 4.10. The number of hydrogen-bond donors (Lipinski definition) is 1. The van der Waals surface area contributed by atoms with Crippen LogP contribution in [0.4, 0.5) is 11.6 Å². The van der Waals surface area contributed by atoms with E-state index < -0.39 is 0 Å². The number of fused-ring (bicyclic) bond motifs is 1. The molecule has 5 heterocycles. The Hall–Kier alpha value is -2.09. The fraction of sp³-hybridized carbons (Fsp3) is 0.476. The average Bonchev–Trinajstić information content (AvgIpc) is 3.37. The normalized spacial score (nSPS) is 17.5. The van der Waals surface area contributed by atoms with E-state index in [-0.39, 0.29) is 24.8 Å². The van der Waals surface area contributed by atoms with Gasteiger partial charge in [-0.25, -0.2) is 15.0 Å². The number of nitrogens with zero attached hydrogens (tertiary/aromatic N) is 6. The molecule has 0 aliphatic carbocycles. The van der Waals surface area contributed by atoms with Crippen LogP contribution >= 0.6 is 24.8 Å². The van der Waals surface area contributed by atoms with Crippen LogP contribution in [0.2, 0.25) is 0 Å². The van der Waals surface area contributed by atoms with Gasteiger partial charge in [-0.15, -0.1) is 24.8 Å². The Balaban J connectivity index is 0.00000128. The number of likely N-dealkylation sites (N-methyl/N-ethyl adjacent to an activating group) is 1. The van der Waals surface area contributed by atoms with Crippen molar-refractivity contribution in [3.63, 3.8) is 0 Å². The van der Waals surface area contributed by atoms with Crippen molar-refractivity contribution < 1.29 is 0 Å². The van der Waals surface area contributed by atoms with Crippen LogP contribution in [0, 0.1) is 0 Å². The first-order valence-corrected chi connectivity index (χ1v) is 10.3. The fourth-order valence-corrected chi connectivity index (χ4v) is 4.31. The SMILES string of the molecule is CN1CCCN(c2nc(-c3ccnc4[nH]ccc34)cnc2N2CCCC2)CC1.Cl.Cl. The summed E-state index contributed by atoms with van der Waals surface area (Å²) in [6.45, 7) is 6.36. The van der Waals surface area contributed by atoms with Crippen molar-refractivity contribution in [1.29, 1.82) is 0 Å². The quantitative estimate of drug-likeness (QED) is 0.658. The smallest absolute Gasteiger partial charge is 0.172 e. The second kappa shape index (κ2) is 9.81. The number of aromatic nitrogens is 4. The lowest BCUT2D eigenvalue weighted by Gasteiger charge is -2.28. The highest BCUT2D eigenvalue weighted by Gasteiger charge is 2.24. The Bertz CT molecular complexity index is 971. The highest BCUT2D eigenvalue weighted by molar-refractivity contribution is 5.92. The van der Waals surface area contributed by atoms with Gasteiger partial charge in [-0.05, 0) is 45.0 Å². The van der Waals surface area contributed by atoms with Crippen molar-refractivity contribution in [3.8, 4) is 11.3 Å². The van der Waals surface area contributed by atoms with Crippen molar-refractivity contribution in [2.45, 2.75) is 19.3 Å². The second-order valence-corrected chi connectivity index (χ2v) is 7.84. The van der Waals surface area contributed by atoms with Crippen LogP contribution < -0.4 is 9.80 Å². The van der Waals surface area contributed by atoms with Crippen molar-refractivity contribution in [2.75, 3.05) is 56.1 Å². The summed E-state index contributed by atoms with van der Waals surface area (Å²) < 4.78 is 0. The zero-order chi connectivity index (χ0) is 18.9. The van der Waals surface area contributed by atoms with E-state index >= 15 is 0 Å². The van der Waals surface area contributed by atoms with Gasteiger partial charge in [0.2, 0.25) is 0 Å². The molecule has 0 bridgehead atoms. The Labute approximate surface area is 189 Å². The first kappa shape index (κ1) is 22.6. The van der Waals surface area contributed by atoms with Crippen LogP contribution in [0.1, 0.15) is 19.3 Å². The van der Waals surface area contributed by atoms with Gasteiger partial charge in [0.25, 0.3) is 0 Å². The minimum atomic E-state index is 0. The average molecular weight is 450 g/mol. The van der Waals surface area contributed by atoms with E-state index in [1.165, 1.54) is 12.8 Å². The standard InChI is InChI=1S/C21H27N7.2ClH/c1-26-9-4-12-28(14-13-26)21-20(27-10-2-3-11-27)24-15-18(25-21)16-5-7-22-19-17(16)6-8-23-19;;/h5-8,15H,2-4,9-14H2,1H3,(H,22,23);2*1H. The first-order valence-electron chi connectivity index (χ1n) is 10.3. The van der Waals surface area contributed by atoms with E-state index in [1.54, 1.807) is 0 Å². The van der Waals surface area contributed by atoms with Gasteiger partial charge < -0.3 is 19.7 Å². The lowest BCUT2D eigenvalue weighted by Crippen LogP contribution is -2.32. The van der Waals surface area contributed by atoms with Crippen molar-refractivity contribution in [3.05, 3.63) is 30.7 Å². The molecule has 2 aliphatic heterocycles. The Kier molecular flexibility index (Phi) is 7.39. The molecular weight excluding hydrogens is 421 g/mol. The predicted molar refractivity (Wildman–Crippen MR) is 127 cm³/mol. The van der Waals surface area contributed by atoms with E-state index in [1.807, 2.05) is 24.7 Å². The van der Waals surface area contributed by atoms with Gasteiger partial charge in [-0.2, -0.15) is 0 Å². The number of H-pyrrole nitrogens is 1. The number of halogens is 2. The molecule has 162 valence electrons. The highest BCUT2D eigenvalue weighted by atomic mass is 35.5. The number of rotatable bonds is 3. The minimum Gasteiger partial charge on any atom is -0.354 e. The Morgan fingerprint density at radius 1 is 0.833 bits per heavy atom. The van der Waals surface area contributed by atoms with E-state index in [0.29, 0.717) is 0 Å². The third-order valence-corrected chi connectivity index (χ3v) is 5.90. The van der Waals surface area contributed by atoms with E-state index in [4.69, 9.17) is 9.97 Å². The fourth-order valence-electron chi connectivity index (χ4n) is 4.31. The van der Waals surface area contributed by atoms with Crippen LogP contribution in [0.5, 0.6) is 0 Å². The van der Waals surface area contributed by atoms with Crippen LogP contribution in [-0.4, -0.2) is 71.2 Å². The number of nitrogens with one attached hydrogen (secondary N) is 1. The monoisotopic (exact) mass is 449 g/mol. The van der Waals surface area contributed by atoms with Gasteiger partial charge in [0.15, 0.2) is 11.6 Å². The van der Waals surface area contributed by atoms with Crippen molar-refractivity contribution in [2.24, 2.45) is 0 Å². The molecule has 2 fully saturated rings. The number of aromatic amines is 1. The molecule has 0 radical (unpaired) electrons. The first-order chi connectivity index (χ1) is 13.8. The molecule has 1 N–H and O–H groups in total. The predicted octanol–water partition coefficient (Wildman–Crippen LogP) is 3.61. The molecule has 0 spiro atoms. The molecule has 2 saturated heterocycles. The molecule has 0 aromatic carbocycles. The number of anilines is 2. The molecule has 0 saturated carbocycles. The zero-order valence-electron chi connectivity index (χ0n) is 17.3. The van der Waals surface area contributed by atoms with E-state index in [0.717, 1.165) is 79.6 Å². The summed E-state index contributed by atoms with van der Waals surface area (Å²) in [5.74, 6) is 2.08. The van der Waals surface area contributed by atoms with Gasteiger partial charge in [-0.3, -0.25) is 0 Å². The minimum absolute atomic E-state index is 0. The van der Waals surface area contributed by atoms with Crippen LogP contribution in [0.3, 0.4) is 0 Å². The maximum atomic E-state index is 5.17. The second-order valence-electron chi connectivity index (χ2n) is 7.84. The zero-order valence-corrected chi connectivity index (χ0v) is 18.9. The summed E-state index contributed by atoms with van der Waals surface area (Å²) in [6.07, 6.45) is 9.32. The summed E-state index contributed by atoms with van der Waals surface area (Å²) >= 11 is 0. The molecule has 0 unspecified atom stereocenters. The van der Waals surface area contributed by atoms with Crippen LogP contribution in [-0.2, 0) is 0 Å². The third kappa shape index (κ3) is 4.33. The highest BCUT2D eigenvalue weighted by Crippen LogP contribution is 2.33. The van der Waals surface area contributed by atoms with Gasteiger partial charge >= 0.3 is 0 Å². The van der Waals surface area contributed by atoms with Crippen molar-refractivity contribution >= 4 is 47.5 Å². The lowest BCUT2D eigenvalue weighted by atomic mass is 10.1. The Morgan fingerprint density at radius 3 is 2.43 bits per heavy atom. The third-order valence-electron chi connectivity index (χ3n) is 5.90. The molecular formula is C21H29Cl2N7. The molecule has 2 aliphatic rings. The summed E-state index contributed by atoms with van der Waals surface area (Å²) in [7, 11) is 2.20. The number of pyridine rings is 1. The van der Waals surface area contributed by atoms with E-state index in [2.05, 4.69) is 37.8 Å². The molecule has 3 aromatic rings. The summed E-state index contributed by atoms with van der Waals surface area (Å²) in [5.41, 5.74) is 2.89. The maximum absolute atomic E-state index is 5.17. The van der Waals surface area contributed by atoms with Crippen LogP contribution in [0.25, 0.3) is 22.3 Å². The molecule has 30 heavy (non-hydrogen) atoms. The molecule has 0 amide bonds. The molecule has 9 heteroatoms. The topological polar surface area (TPSA) is 64.2 Å². The maximum Gasteiger partial charge on any atom is 0.172 e. The number of hydrogen-bond acceptors (Lipinski definition) is 6. The van der Waals surface area contributed by atoms with Gasteiger partial charge in [-0.1, -0.05) is 0 Å². The van der Waals surface area contributed by atoms with Gasteiger partial charge in [0, 0.05) is 56.1 Å². The largest absolute Gasteiger partial charge is 0.354 e. The molecule has 7 nitrogen and oxygen atoms in total. The summed E-state index contributed by atoms with van der Waals surface area (Å²) in [5, 5.41) is 1.09. The van der Waals surface area contributed by atoms with Crippen molar-refractivity contribution in [1.82, 2.24) is 24.8 Å². The van der Waals surface area contributed by atoms with Gasteiger partial charge in [0.05, 0.1) is 11.9 Å². The van der Waals surface area contributed by atoms with E-state index in [9.17, 15) is 0 Å². The molecule has 5 rings (SSSR count). The van der Waals surface area contributed by atoms with Gasteiger partial charge in [0.1, 0.15) is 5.65 Å². The van der Waals surface area contributed by atoms with Crippen LogP contribution in [0.15, 0.2) is 30.7 Å². The summed E-state index contributed by atoms with van der Waals surface area (Å²) in [4.78, 5) is 24.9. The molecule has 3 aromatic heterocycles. The lowest BCUT2D eigenvalue weighted by molar-refractivity contribution is 0.360.